The summed E-state index contributed by atoms with van der Waals surface area (Å²) in [5.41, 5.74) is -0.0261. The van der Waals surface area contributed by atoms with Gasteiger partial charge in [0.1, 0.15) is 17.3 Å². The quantitative estimate of drug-likeness (QED) is 0.646. The zero-order valence-electron chi connectivity index (χ0n) is 10.4. The maximum atomic E-state index is 13.5. The van der Waals surface area contributed by atoms with Gasteiger partial charge in [0.2, 0.25) is 0 Å². The van der Waals surface area contributed by atoms with Crippen LogP contribution in [-0.2, 0) is 6.54 Å². The zero-order chi connectivity index (χ0) is 15.6. The lowest BCUT2D eigenvalue weighted by Gasteiger charge is -2.09. The Balaban J connectivity index is 2.27. The van der Waals surface area contributed by atoms with Gasteiger partial charge in [0.25, 0.3) is 5.69 Å². The first-order chi connectivity index (χ1) is 9.88. The fourth-order valence-electron chi connectivity index (χ4n) is 1.68. The van der Waals surface area contributed by atoms with Gasteiger partial charge < -0.3 is 5.32 Å². The lowest BCUT2D eigenvalue weighted by molar-refractivity contribution is -0.383. The topological polar surface area (TPSA) is 55.2 Å². The van der Waals surface area contributed by atoms with Gasteiger partial charge in [-0.3, -0.25) is 10.1 Å². The van der Waals surface area contributed by atoms with Gasteiger partial charge in [-0.25, -0.2) is 8.78 Å². The van der Waals surface area contributed by atoms with Crippen molar-refractivity contribution >= 4 is 34.6 Å². The molecular weight excluding hydrogens is 325 g/mol. The van der Waals surface area contributed by atoms with Gasteiger partial charge in [-0.1, -0.05) is 29.3 Å². The molecule has 0 saturated carbocycles. The van der Waals surface area contributed by atoms with Gasteiger partial charge in [0, 0.05) is 24.2 Å². The van der Waals surface area contributed by atoms with Crippen LogP contribution in [-0.4, -0.2) is 4.92 Å². The van der Waals surface area contributed by atoms with Crippen molar-refractivity contribution in [3.63, 3.8) is 0 Å². The van der Waals surface area contributed by atoms with Crippen LogP contribution in [0, 0.1) is 21.7 Å². The van der Waals surface area contributed by atoms with E-state index in [0.29, 0.717) is 0 Å². The van der Waals surface area contributed by atoms with E-state index >= 15 is 0 Å². The summed E-state index contributed by atoms with van der Waals surface area (Å²) in [7, 11) is 0. The van der Waals surface area contributed by atoms with Crippen molar-refractivity contribution in [3.05, 3.63) is 67.7 Å². The highest BCUT2D eigenvalue weighted by Gasteiger charge is 2.17. The maximum absolute atomic E-state index is 13.5. The van der Waals surface area contributed by atoms with Gasteiger partial charge in [-0.05, 0) is 12.1 Å². The average molecular weight is 333 g/mol. The number of rotatable bonds is 4. The Labute approximate surface area is 128 Å². The summed E-state index contributed by atoms with van der Waals surface area (Å²) in [4.78, 5) is 10.3. The second-order valence-corrected chi connectivity index (χ2v) is 4.94. The normalized spacial score (nSPS) is 10.5. The van der Waals surface area contributed by atoms with Crippen molar-refractivity contribution < 1.29 is 13.7 Å². The number of anilines is 1. The van der Waals surface area contributed by atoms with E-state index in [9.17, 15) is 18.9 Å². The Hall–Kier alpha value is -1.92. The minimum atomic E-state index is -0.745. The Morgan fingerprint density at radius 3 is 2.43 bits per heavy atom. The Morgan fingerprint density at radius 2 is 1.81 bits per heavy atom. The van der Waals surface area contributed by atoms with E-state index < -0.39 is 16.6 Å². The molecule has 0 aliphatic heterocycles. The van der Waals surface area contributed by atoms with E-state index in [1.165, 1.54) is 12.1 Å². The van der Waals surface area contributed by atoms with Crippen LogP contribution in [0.1, 0.15) is 5.56 Å². The van der Waals surface area contributed by atoms with Gasteiger partial charge in [-0.2, -0.15) is 0 Å². The average Bonchev–Trinajstić information content (AvgIpc) is 2.41. The Bertz CT molecular complexity index is 711. The van der Waals surface area contributed by atoms with Crippen LogP contribution < -0.4 is 5.32 Å². The fourth-order valence-corrected chi connectivity index (χ4v) is 2.01. The highest BCUT2D eigenvalue weighted by atomic mass is 35.5. The first-order valence-electron chi connectivity index (χ1n) is 5.69. The number of halogens is 4. The second-order valence-electron chi connectivity index (χ2n) is 4.13. The molecule has 0 heterocycles. The van der Waals surface area contributed by atoms with Gasteiger partial charge in [-0.15, -0.1) is 0 Å². The van der Waals surface area contributed by atoms with Crippen LogP contribution in [0.2, 0.25) is 10.0 Å². The molecule has 0 fully saturated rings. The summed E-state index contributed by atoms with van der Waals surface area (Å²) in [6.07, 6.45) is 0. The number of hydrogen-bond donors (Lipinski definition) is 1. The molecule has 0 bridgehead atoms. The molecule has 0 spiro atoms. The molecule has 0 aliphatic carbocycles. The monoisotopic (exact) mass is 332 g/mol. The van der Waals surface area contributed by atoms with Crippen LogP contribution in [0.15, 0.2) is 30.3 Å². The molecule has 8 heteroatoms. The first kappa shape index (κ1) is 15.5. The van der Waals surface area contributed by atoms with Crippen molar-refractivity contribution in [2.75, 3.05) is 5.32 Å². The second kappa shape index (κ2) is 6.24. The van der Waals surface area contributed by atoms with E-state index in [1.54, 1.807) is 0 Å². The molecule has 4 nitrogen and oxygen atoms in total. The first-order valence-corrected chi connectivity index (χ1v) is 6.45. The largest absolute Gasteiger partial charge is 0.375 e. The molecule has 2 aromatic rings. The zero-order valence-corrected chi connectivity index (χ0v) is 11.9. The van der Waals surface area contributed by atoms with Gasteiger partial charge in [0.15, 0.2) is 0 Å². The number of nitrogens with zero attached hydrogens (tertiary/aromatic N) is 1. The Kier molecular flexibility index (Phi) is 4.59. The van der Waals surface area contributed by atoms with Crippen LogP contribution in [0.25, 0.3) is 0 Å². The molecule has 0 saturated heterocycles. The molecular formula is C13H8Cl2F2N2O2. The van der Waals surface area contributed by atoms with Gasteiger partial charge >= 0.3 is 0 Å². The van der Waals surface area contributed by atoms with Crippen LogP contribution in [0.4, 0.5) is 20.2 Å². The molecule has 0 aromatic heterocycles. The highest BCUT2D eigenvalue weighted by molar-refractivity contribution is 6.42. The van der Waals surface area contributed by atoms with Crippen molar-refractivity contribution in [3.8, 4) is 0 Å². The van der Waals surface area contributed by atoms with Crippen LogP contribution in [0.5, 0.6) is 0 Å². The summed E-state index contributed by atoms with van der Waals surface area (Å²) >= 11 is 11.5. The molecule has 0 aliphatic rings. The molecule has 0 unspecified atom stereocenters. The summed E-state index contributed by atoms with van der Waals surface area (Å²) in [5.74, 6) is -1.44. The van der Waals surface area contributed by atoms with E-state index in [-0.39, 0.29) is 33.5 Å². The van der Waals surface area contributed by atoms with Gasteiger partial charge in [0.05, 0.1) is 15.0 Å². The van der Waals surface area contributed by atoms with Crippen LogP contribution >= 0.6 is 23.2 Å². The third-order valence-corrected chi connectivity index (χ3v) is 3.44. The minimum Gasteiger partial charge on any atom is -0.375 e. The lowest BCUT2D eigenvalue weighted by atomic mass is 10.2. The third kappa shape index (κ3) is 3.59. The summed E-state index contributed by atoms with van der Waals surface area (Å²) < 4.78 is 26.3. The predicted octanol–water partition coefficient (Wildman–Crippen LogP) is 4.79. The van der Waals surface area contributed by atoms with Crippen molar-refractivity contribution in [1.82, 2.24) is 0 Å². The summed E-state index contributed by atoms with van der Waals surface area (Å²) in [6.45, 7) is -0.0646. The number of nitro groups is 1. The number of benzene rings is 2. The van der Waals surface area contributed by atoms with Crippen molar-refractivity contribution in [1.29, 1.82) is 0 Å². The fraction of sp³-hybridized carbons (Fsp3) is 0.0769. The van der Waals surface area contributed by atoms with E-state index in [2.05, 4.69) is 5.32 Å². The predicted molar refractivity (Wildman–Crippen MR) is 76.8 cm³/mol. The Morgan fingerprint density at radius 1 is 1.14 bits per heavy atom. The van der Waals surface area contributed by atoms with Crippen molar-refractivity contribution in [2.45, 2.75) is 6.54 Å². The smallest absolute Gasteiger partial charge is 0.293 e. The molecule has 21 heavy (non-hydrogen) atoms. The van der Waals surface area contributed by atoms with Crippen LogP contribution in [0.3, 0.4) is 0 Å². The third-order valence-electron chi connectivity index (χ3n) is 2.72. The molecule has 1 N–H and O–H groups in total. The lowest BCUT2D eigenvalue weighted by Crippen LogP contribution is -2.04. The molecule has 0 radical (unpaired) electrons. The van der Waals surface area contributed by atoms with Crippen molar-refractivity contribution in [2.24, 2.45) is 0 Å². The standard InChI is InChI=1S/C13H8Cl2F2N2O2/c14-9-4-12(13(19(20)21)5-10(9)15)18-6-7-1-2-8(16)3-11(7)17/h1-5,18H,6H2. The summed E-state index contributed by atoms with van der Waals surface area (Å²) in [6, 6.07) is 5.47. The number of hydrogen-bond acceptors (Lipinski definition) is 3. The molecule has 2 aromatic carbocycles. The number of nitrogens with one attached hydrogen (secondary N) is 1. The molecule has 0 amide bonds. The molecule has 110 valence electrons. The molecule has 2 rings (SSSR count). The minimum absolute atomic E-state index is 0.0434. The SMILES string of the molecule is O=[N+]([O-])c1cc(Cl)c(Cl)cc1NCc1ccc(F)cc1F. The van der Waals surface area contributed by atoms with E-state index in [4.69, 9.17) is 23.2 Å². The van der Waals surface area contributed by atoms with E-state index in [1.807, 2.05) is 0 Å². The summed E-state index contributed by atoms with van der Waals surface area (Å²) in [5, 5.41) is 13.8. The van der Waals surface area contributed by atoms with E-state index in [0.717, 1.165) is 18.2 Å². The molecule has 0 atom stereocenters. The highest BCUT2D eigenvalue weighted by Crippen LogP contribution is 2.34. The number of nitro benzene ring substituents is 1. The maximum Gasteiger partial charge on any atom is 0.293 e.